The Labute approximate surface area is 139 Å². The predicted octanol–water partition coefficient (Wildman–Crippen LogP) is 3.07. The van der Waals surface area contributed by atoms with E-state index in [2.05, 4.69) is 17.2 Å². The van der Waals surface area contributed by atoms with Gasteiger partial charge in [-0.05, 0) is 43.9 Å². The first-order valence-electron chi connectivity index (χ1n) is 7.58. The molecule has 2 aromatic rings. The van der Waals surface area contributed by atoms with E-state index in [9.17, 15) is 9.59 Å². The highest BCUT2D eigenvalue weighted by Crippen LogP contribution is 2.19. The Bertz CT molecular complexity index is 710. The minimum Gasteiger partial charge on any atom is -0.478 e. The normalized spacial score (nSPS) is 10.5. The number of benzene rings is 1. The molecule has 0 fully saturated rings. The van der Waals surface area contributed by atoms with Gasteiger partial charge < -0.3 is 10.4 Å². The second kappa shape index (κ2) is 7.87. The van der Waals surface area contributed by atoms with E-state index in [1.165, 1.54) is 11.3 Å². The van der Waals surface area contributed by atoms with Gasteiger partial charge in [0.2, 0.25) is 0 Å². The number of aryl methyl sites for hydroxylation is 2. The molecule has 0 saturated carbocycles. The molecule has 0 saturated heterocycles. The van der Waals surface area contributed by atoms with Crippen molar-refractivity contribution in [3.8, 4) is 0 Å². The summed E-state index contributed by atoms with van der Waals surface area (Å²) >= 11 is 1.44. The average Bonchev–Trinajstić information content (AvgIpc) is 2.88. The number of carbonyl (C=O) groups excluding carboxylic acids is 1. The number of carboxylic acids is 1. The zero-order valence-corrected chi connectivity index (χ0v) is 14.1. The number of amides is 1. The summed E-state index contributed by atoms with van der Waals surface area (Å²) in [7, 11) is 0. The lowest BCUT2D eigenvalue weighted by Crippen LogP contribution is -2.25. The molecule has 0 atom stereocenters. The molecule has 122 valence electrons. The van der Waals surface area contributed by atoms with Gasteiger partial charge >= 0.3 is 5.97 Å². The Balaban J connectivity index is 1.92. The molecule has 0 aliphatic rings. The van der Waals surface area contributed by atoms with Crippen LogP contribution in [0.3, 0.4) is 0 Å². The maximum atomic E-state index is 12.2. The largest absolute Gasteiger partial charge is 0.478 e. The van der Waals surface area contributed by atoms with Crippen LogP contribution in [0.4, 0.5) is 0 Å². The minimum atomic E-state index is -0.945. The Hall–Kier alpha value is -2.21. The van der Waals surface area contributed by atoms with Gasteiger partial charge in [0.05, 0.1) is 16.3 Å². The van der Waals surface area contributed by atoms with E-state index >= 15 is 0 Å². The van der Waals surface area contributed by atoms with Gasteiger partial charge in [-0.3, -0.25) is 4.79 Å². The Morgan fingerprint density at radius 2 is 2.09 bits per heavy atom. The summed E-state index contributed by atoms with van der Waals surface area (Å²) in [5.41, 5.74) is 1.91. The van der Waals surface area contributed by atoms with Crippen LogP contribution in [-0.4, -0.2) is 28.5 Å². The number of nitrogens with zero attached hydrogens (tertiary/aromatic N) is 1. The first-order chi connectivity index (χ1) is 11.0. The van der Waals surface area contributed by atoms with Crippen LogP contribution in [-0.2, 0) is 12.8 Å². The van der Waals surface area contributed by atoms with Crippen molar-refractivity contribution in [1.82, 2.24) is 10.3 Å². The van der Waals surface area contributed by atoms with E-state index < -0.39 is 5.97 Å². The Morgan fingerprint density at radius 1 is 1.30 bits per heavy atom. The summed E-state index contributed by atoms with van der Waals surface area (Å²) in [6.07, 6.45) is 2.49. The maximum absolute atomic E-state index is 12.2. The molecule has 1 heterocycles. The summed E-state index contributed by atoms with van der Waals surface area (Å²) in [5, 5.41) is 12.8. The fraction of sp³-hybridized carbons (Fsp3) is 0.353. The third kappa shape index (κ3) is 4.63. The molecule has 0 aliphatic carbocycles. The summed E-state index contributed by atoms with van der Waals surface area (Å²) in [6, 6.07) is 6.76. The zero-order valence-electron chi connectivity index (χ0n) is 13.3. The fourth-order valence-electron chi connectivity index (χ4n) is 2.24. The van der Waals surface area contributed by atoms with E-state index in [0.29, 0.717) is 17.8 Å². The van der Waals surface area contributed by atoms with Crippen LogP contribution >= 0.6 is 11.3 Å². The van der Waals surface area contributed by atoms with Crippen molar-refractivity contribution >= 4 is 23.2 Å². The molecule has 0 radical (unpaired) electrons. The minimum absolute atomic E-state index is 0.114. The molecule has 0 bridgehead atoms. The highest BCUT2D eigenvalue weighted by atomic mass is 32.1. The number of carboxylic acid groups (broad SMARTS) is 1. The summed E-state index contributed by atoms with van der Waals surface area (Å²) in [6.45, 7) is 4.39. The van der Waals surface area contributed by atoms with E-state index in [4.69, 9.17) is 5.11 Å². The van der Waals surface area contributed by atoms with Crippen LogP contribution in [0.1, 0.15) is 49.6 Å². The van der Waals surface area contributed by atoms with Gasteiger partial charge in [-0.25, -0.2) is 9.78 Å². The Kier molecular flexibility index (Phi) is 5.87. The topological polar surface area (TPSA) is 79.3 Å². The first kappa shape index (κ1) is 17.1. The number of thiazole rings is 1. The van der Waals surface area contributed by atoms with Crippen molar-refractivity contribution in [2.45, 2.75) is 33.1 Å². The van der Waals surface area contributed by atoms with Gasteiger partial charge in [0.1, 0.15) is 4.88 Å². The molecule has 23 heavy (non-hydrogen) atoms. The molecule has 0 unspecified atom stereocenters. The van der Waals surface area contributed by atoms with Gasteiger partial charge in [0.25, 0.3) is 5.91 Å². The van der Waals surface area contributed by atoms with Crippen LogP contribution in [0.15, 0.2) is 24.3 Å². The van der Waals surface area contributed by atoms with Crippen molar-refractivity contribution in [2.24, 2.45) is 0 Å². The smallest absolute Gasteiger partial charge is 0.335 e. The fourth-order valence-corrected chi connectivity index (χ4v) is 3.33. The highest BCUT2D eigenvalue weighted by molar-refractivity contribution is 7.13. The van der Waals surface area contributed by atoms with E-state index in [1.54, 1.807) is 18.2 Å². The molecule has 2 rings (SSSR count). The number of nitrogens with one attached hydrogen (secondary N) is 1. The molecule has 0 spiro atoms. The van der Waals surface area contributed by atoms with Gasteiger partial charge in [0.15, 0.2) is 0 Å². The van der Waals surface area contributed by atoms with Crippen LogP contribution in [0.5, 0.6) is 0 Å². The number of rotatable bonds is 7. The third-order valence-corrected chi connectivity index (χ3v) is 4.60. The van der Waals surface area contributed by atoms with Gasteiger partial charge in [-0.2, -0.15) is 0 Å². The van der Waals surface area contributed by atoms with Crippen molar-refractivity contribution in [3.63, 3.8) is 0 Å². The summed E-state index contributed by atoms with van der Waals surface area (Å²) in [5.74, 6) is -1.06. The molecular formula is C17H20N2O3S. The molecule has 5 nitrogen and oxygen atoms in total. The highest BCUT2D eigenvalue weighted by Gasteiger charge is 2.14. The molecule has 1 aromatic carbocycles. The summed E-state index contributed by atoms with van der Waals surface area (Å²) in [4.78, 5) is 28.2. The van der Waals surface area contributed by atoms with E-state index in [-0.39, 0.29) is 11.5 Å². The number of aromatic nitrogens is 1. The average molecular weight is 332 g/mol. The number of carbonyl (C=O) groups is 2. The maximum Gasteiger partial charge on any atom is 0.335 e. The van der Waals surface area contributed by atoms with Gasteiger partial charge in [0, 0.05) is 6.54 Å². The standard InChI is InChI=1S/C17H20N2O3S/c1-3-5-14-19-11(2)15(23-14)16(20)18-9-8-12-6-4-7-13(10-12)17(21)22/h4,6-7,10H,3,5,8-9H2,1-2H3,(H,18,20)(H,21,22). The quantitative estimate of drug-likeness (QED) is 0.816. The monoisotopic (exact) mass is 332 g/mol. The lowest BCUT2D eigenvalue weighted by atomic mass is 10.1. The van der Waals surface area contributed by atoms with E-state index in [1.807, 2.05) is 13.0 Å². The molecule has 0 aliphatic heterocycles. The number of hydrogen-bond donors (Lipinski definition) is 2. The molecule has 2 N–H and O–H groups in total. The first-order valence-corrected chi connectivity index (χ1v) is 8.39. The number of hydrogen-bond acceptors (Lipinski definition) is 4. The van der Waals surface area contributed by atoms with Crippen molar-refractivity contribution in [1.29, 1.82) is 0 Å². The van der Waals surface area contributed by atoms with Crippen molar-refractivity contribution in [3.05, 3.63) is 51.0 Å². The van der Waals surface area contributed by atoms with Gasteiger partial charge in [-0.15, -0.1) is 11.3 Å². The lowest BCUT2D eigenvalue weighted by molar-refractivity contribution is 0.0696. The van der Waals surface area contributed by atoms with E-state index in [0.717, 1.165) is 29.1 Å². The SMILES string of the molecule is CCCc1nc(C)c(C(=O)NCCc2cccc(C(=O)O)c2)s1. The third-order valence-electron chi connectivity index (χ3n) is 3.38. The zero-order chi connectivity index (χ0) is 16.8. The molecule has 6 heteroatoms. The predicted molar refractivity (Wildman–Crippen MR) is 90.3 cm³/mol. The Morgan fingerprint density at radius 3 is 2.78 bits per heavy atom. The second-order valence-electron chi connectivity index (χ2n) is 5.28. The summed E-state index contributed by atoms with van der Waals surface area (Å²) < 4.78 is 0. The lowest BCUT2D eigenvalue weighted by Gasteiger charge is -2.05. The second-order valence-corrected chi connectivity index (χ2v) is 6.37. The van der Waals surface area contributed by atoms with Crippen LogP contribution in [0.2, 0.25) is 0 Å². The van der Waals surface area contributed by atoms with Crippen molar-refractivity contribution in [2.75, 3.05) is 6.54 Å². The van der Waals surface area contributed by atoms with Crippen LogP contribution in [0.25, 0.3) is 0 Å². The van der Waals surface area contributed by atoms with Crippen LogP contribution < -0.4 is 5.32 Å². The van der Waals surface area contributed by atoms with Crippen LogP contribution in [0, 0.1) is 6.92 Å². The van der Waals surface area contributed by atoms with Crippen molar-refractivity contribution < 1.29 is 14.7 Å². The number of aromatic carboxylic acids is 1. The molecular weight excluding hydrogens is 312 g/mol. The molecule has 1 aromatic heterocycles. The molecule has 1 amide bonds. The van der Waals surface area contributed by atoms with Gasteiger partial charge in [-0.1, -0.05) is 19.1 Å².